The molecule has 0 bridgehead atoms. The van der Waals surface area contributed by atoms with Crippen molar-refractivity contribution in [2.75, 3.05) is 0 Å². The molecule has 0 aliphatic carbocycles. The van der Waals surface area contributed by atoms with E-state index >= 15 is 9.59 Å². The number of fused-ring (bicyclic) bond motifs is 2. The zero-order valence-corrected chi connectivity index (χ0v) is 35.8. The Labute approximate surface area is 370 Å². The van der Waals surface area contributed by atoms with Crippen molar-refractivity contribution in [2.45, 2.75) is 62.8 Å². The second-order valence-corrected chi connectivity index (χ2v) is 17.5. The van der Waals surface area contributed by atoms with Crippen LogP contribution in [0, 0.1) is 5.41 Å². The van der Waals surface area contributed by atoms with Gasteiger partial charge in [-0.2, -0.15) is 0 Å². The standard InChI is InChI=1S/C57H54N2O4/c1-55(2,53(60)58-51(49-33-31-45-27-15-17-29-47(45)35-49)56(62,37-41-19-7-3-8-20-41)38-42-21-9-4-10-22-42)54(61)59-52(50-34-32-46-28-16-18-30-48(46)36-50)57(63,39-43-23-11-5-12-24-43)40-44-25-13-6-14-26-44/h3-36,51-52,62-63H,37-40H2,1-2H3,(H,58,60)(H,59,61)/t51-,52-/m1/s1. The van der Waals surface area contributed by atoms with E-state index in [0.29, 0.717) is 11.1 Å². The molecule has 316 valence electrons. The number of nitrogens with one attached hydrogen (secondary N) is 2. The molecule has 0 fully saturated rings. The van der Waals surface area contributed by atoms with Crippen LogP contribution in [0.15, 0.2) is 206 Å². The Kier molecular flexibility index (Phi) is 12.7. The molecule has 2 amide bonds. The lowest BCUT2D eigenvalue weighted by molar-refractivity contribution is -0.145. The van der Waals surface area contributed by atoms with Crippen LogP contribution < -0.4 is 10.6 Å². The molecule has 8 aromatic rings. The van der Waals surface area contributed by atoms with Crippen LogP contribution in [0.5, 0.6) is 0 Å². The lowest BCUT2D eigenvalue weighted by atomic mass is 9.77. The van der Waals surface area contributed by atoms with Gasteiger partial charge in [0, 0.05) is 25.7 Å². The zero-order chi connectivity index (χ0) is 43.9. The predicted octanol–water partition coefficient (Wildman–Crippen LogP) is 10.5. The maximum Gasteiger partial charge on any atom is 0.235 e. The van der Waals surface area contributed by atoms with Crippen molar-refractivity contribution in [1.29, 1.82) is 0 Å². The minimum atomic E-state index is -1.68. The minimum Gasteiger partial charge on any atom is -0.387 e. The Hall–Kier alpha value is -6.86. The third-order valence-corrected chi connectivity index (χ3v) is 12.4. The van der Waals surface area contributed by atoms with E-state index in [9.17, 15) is 10.2 Å². The van der Waals surface area contributed by atoms with Crippen molar-refractivity contribution in [1.82, 2.24) is 10.6 Å². The Bertz CT molecular complexity index is 2520. The van der Waals surface area contributed by atoms with Crippen LogP contribution in [0.4, 0.5) is 0 Å². The summed E-state index contributed by atoms with van der Waals surface area (Å²) in [6, 6.07) is 65.2. The highest BCUT2D eigenvalue weighted by atomic mass is 16.3. The van der Waals surface area contributed by atoms with Gasteiger partial charge in [0.1, 0.15) is 5.41 Å². The minimum absolute atomic E-state index is 0.225. The molecule has 8 aromatic carbocycles. The first-order valence-electron chi connectivity index (χ1n) is 21.7. The summed E-state index contributed by atoms with van der Waals surface area (Å²) < 4.78 is 0. The lowest BCUT2D eigenvalue weighted by Crippen LogP contribution is -2.57. The van der Waals surface area contributed by atoms with Gasteiger partial charge in [0.2, 0.25) is 11.8 Å². The summed E-state index contributed by atoms with van der Waals surface area (Å²) in [5, 5.41) is 36.8. The van der Waals surface area contributed by atoms with Crippen LogP contribution in [0.1, 0.15) is 59.3 Å². The number of amides is 2. The van der Waals surface area contributed by atoms with Crippen LogP contribution in [0.25, 0.3) is 21.5 Å². The molecule has 0 aromatic heterocycles. The molecule has 6 nitrogen and oxygen atoms in total. The Balaban J connectivity index is 1.19. The molecule has 4 N–H and O–H groups in total. The van der Waals surface area contributed by atoms with Gasteiger partial charge in [-0.25, -0.2) is 0 Å². The zero-order valence-electron chi connectivity index (χ0n) is 35.8. The van der Waals surface area contributed by atoms with Gasteiger partial charge in [0.15, 0.2) is 0 Å². The van der Waals surface area contributed by atoms with E-state index < -0.39 is 40.5 Å². The van der Waals surface area contributed by atoms with Gasteiger partial charge >= 0.3 is 0 Å². The fourth-order valence-electron chi connectivity index (χ4n) is 8.89. The van der Waals surface area contributed by atoms with Crippen LogP contribution in [0.3, 0.4) is 0 Å². The molecule has 0 spiro atoms. The molecule has 0 aliphatic heterocycles. The summed E-state index contributed by atoms with van der Waals surface area (Å²) in [6.07, 6.45) is 0.901. The first kappa shape index (κ1) is 42.8. The van der Waals surface area contributed by atoms with E-state index in [-0.39, 0.29) is 25.7 Å². The summed E-state index contributed by atoms with van der Waals surface area (Å²) in [4.78, 5) is 30.2. The summed E-state index contributed by atoms with van der Waals surface area (Å²) >= 11 is 0. The van der Waals surface area contributed by atoms with E-state index in [4.69, 9.17) is 0 Å². The Morgan fingerprint density at radius 3 is 0.968 bits per heavy atom. The van der Waals surface area contributed by atoms with Gasteiger partial charge < -0.3 is 20.8 Å². The molecule has 0 saturated heterocycles. The first-order chi connectivity index (χ1) is 30.5. The maximum absolute atomic E-state index is 15.1. The Morgan fingerprint density at radius 1 is 0.397 bits per heavy atom. The second kappa shape index (κ2) is 18.6. The number of rotatable bonds is 16. The molecular weight excluding hydrogens is 777 g/mol. The van der Waals surface area contributed by atoms with E-state index in [1.165, 1.54) is 0 Å². The normalized spacial score (nSPS) is 13.0. The van der Waals surface area contributed by atoms with Crippen molar-refractivity contribution < 1.29 is 19.8 Å². The summed E-state index contributed by atoms with van der Waals surface area (Å²) in [5.41, 5.74) is 0.294. The number of benzene rings is 8. The number of hydrogen-bond acceptors (Lipinski definition) is 4. The molecular formula is C57H54N2O4. The average molecular weight is 831 g/mol. The van der Waals surface area contributed by atoms with Crippen LogP contribution in [0.2, 0.25) is 0 Å². The molecule has 6 heteroatoms. The lowest BCUT2D eigenvalue weighted by Gasteiger charge is -2.41. The third-order valence-electron chi connectivity index (χ3n) is 12.4. The van der Waals surface area contributed by atoms with Gasteiger partial charge in [-0.3, -0.25) is 9.59 Å². The largest absolute Gasteiger partial charge is 0.387 e. The number of hydrogen-bond donors (Lipinski definition) is 4. The van der Waals surface area contributed by atoms with Gasteiger partial charge in [-0.15, -0.1) is 0 Å². The van der Waals surface area contributed by atoms with Crippen molar-refractivity contribution in [2.24, 2.45) is 5.41 Å². The van der Waals surface area contributed by atoms with Gasteiger partial charge in [0.25, 0.3) is 0 Å². The summed E-state index contributed by atoms with van der Waals surface area (Å²) in [7, 11) is 0. The molecule has 0 unspecified atom stereocenters. The average Bonchev–Trinajstić information content (AvgIpc) is 3.30. The van der Waals surface area contributed by atoms with E-state index in [2.05, 4.69) is 10.6 Å². The van der Waals surface area contributed by atoms with Crippen LogP contribution in [-0.4, -0.2) is 33.2 Å². The van der Waals surface area contributed by atoms with Crippen LogP contribution >= 0.6 is 0 Å². The Morgan fingerprint density at radius 2 is 0.667 bits per heavy atom. The quantitative estimate of drug-likeness (QED) is 0.0729. The highest BCUT2D eigenvalue weighted by molar-refractivity contribution is 6.04. The van der Waals surface area contributed by atoms with Crippen molar-refractivity contribution >= 4 is 33.4 Å². The molecule has 63 heavy (non-hydrogen) atoms. The van der Waals surface area contributed by atoms with Gasteiger partial charge in [0.05, 0.1) is 23.3 Å². The van der Waals surface area contributed by atoms with E-state index in [1.54, 1.807) is 13.8 Å². The molecule has 0 aliphatic rings. The number of aliphatic hydroxyl groups is 2. The molecule has 2 atom stereocenters. The third kappa shape index (κ3) is 9.94. The highest BCUT2D eigenvalue weighted by Gasteiger charge is 2.47. The van der Waals surface area contributed by atoms with Crippen LogP contribution in [-0.2, 0) is 35.3 Å². The molecule has 0 radical (unpaired) electrons. The fraction of sp³-hybridized carbons (Fsp3) is 0.193. The number of carbonyl (C=O) groups excluding carboxylic acids is 2. The van der Waals surface area contributed by atoms with Crippen molar-refractivity contribution in [3.05, 3.63) is 240 Å². The number of carbonyl (C=O) groups is 2. The molecule has 0 saturated carbocycles. The van der Waals surface area contributed by atoms with E-state index in [1.807, 2.05) is 206 Å². The second-order valence-electron chi connectivity index (χ2n) is 17.5. The van der Waals surface area contributed by atoms with E-state index in [0.717, 1.165) is 43.8 Å². The summed E-state index contributed by atoms with van der Waals surface area (Å²) in [6.45, 7) is 3.21. The van der Waals surface area contributed by atoms with Crippen molar-refractivity contribution in [3.63, 3.8) is 0 Å². The van der Waals surface area contributed by atoms with Crippen molar-refractivity contribution in [3.8, 4) is 0 Å². The predicted molar refractivity (Wildman–Crippen MR) is 254 cm³/mol. The fourth-order valence-corrected chi connectivity index (χ4v) is 8.89. The molecule has 8 rings (SSSR count). The molecule has 0 heterocycles. The topological polar surface area (TPSA) is 98.7 Å². The summed E-state index contributed by atoms with van der Waals surface area (Å²) in [5.74, 6) is -1.13. The monoisotopic (exact) mass is 830 g/mol. The highest BCUT2D eigenvalue weighted by Crippen LogP contribution is 2.38. The van der Waals surface area contributed by atoms with Gasteiger partial charge in [-0.05, 0) is 80.9 Å². The smallest absolute Gasteiger partial charge is 0.235 e. The SMILES string of the molecule is CC(C)(C(=O)N[C@H](c1ccc2ccccc2c1)C(O)(Cc1ccccc1)Cc1ccccc1)C(=O)N[C@H](c1ccc2ccccc2c1)C(O)(Cc1ccccc1)Cc1ccccc1. The van der Waals surface area contributed by atoms with Gasteiger partial charge in [-0.1, -0.05) is 194 Å². The maximum atomic E-state index is 15.1. The first-order valence-corrected chi connectivity index (χ1v) is 21.7.